The van der Waals surface area contributed by atoms with Crippen molar-refractivity contribution < 1.29 is 4.79 Å². The molecule has 0 radical (unpaired) electrons. The second-order valence-corrected chi connectivity index (χ2v) is 6.31. The number of benzene rings is 1. The molecule has 3 aliphatic rings. The second kappa shape index (κ2) is 6.98. The Morgan fingerprint density at radius 3 is 2.73 bits per heavy atom. The third kappa shape index (κ3) is 3.34. The summed E-state index contributed by atoms with van der Waals surface area (Å²) in [6.45, 7) is 5.76. The van der Waals surface area contributed by atoms with E-state index in [0.717, 1.165) is 38.2 Å². The van der Waals surface area contributed by atoms with Gasteiger partial charge in [-0.25, -0.2) is 0 Å². The van der Waals surface area contributed by atoms with Gasteiger partial charge in [-0.15, -0.1) is 5.92 Å². The molecule has 0 spiro atoms. The summed E-state index contributed by atoms with van der Waals surface area (Å²) in [6.07, 6.45) is 3.35. The average molecular weight is 296 g/mol. The summed E-state index contributed by atoms with van der Waals surface area (Å²) >= 11 is 0. The summed E-state index contributed by atoms with van der Waals surface area (Å²) in [5.74, 6) is 7.20. The molecule has 3 aliphatic heterocycles. The lowest BCUT2D eigenvalue weighted by Gasteiger charge is -2.34. The van der Waals surface area contributed by atoms with Crippen LogP contribution in [0.4, 0.5) is 0 Å². The van der Waals surface area contributed by atoms with E-state index in [4.69, 9.17) is 0 Å². The number of carbonyl (C=O) groups is 1. The van der Waals surface area contributed by atoms with E-state index in [-0.39, 0.29) is 5.91 Å². The Morgan fingerprint density at radius 1 is 1.14 bits per heavy atom. The molecule has 3 heterocycles. The average Bonchev–Trinajstić information content (AvgIpc) is 2.87. The van der Waals surface area contributed by atoms with Gasteiger partial charge in [0.1, 0.15) is 0 Å². The summed E-state index contributed by atoms with van der Waals surface area (Å²) < 4.78 is 0. The number of nitrogens with zero attached hydrogens (tertiary/aromatic N) is 2. The second-order valence-electron chi connectivity index (χ2n) is 6.31. The predicted octanol–water partition coefficient (Wildman–Crippen LogP) is 2.64. The maximum Gasteiger partial charge on any atom is 0.253 e. The Morgan fingerprint density at radius 2 is 1.95 bits per heavy atom. The molecule has 0 unspecified atom stereocenters. The van der Waals surface area contributed by atoms with Gasteiger partial charge in [0.25, 0.3) is 5.91 Å². The van der Waals surface area contributed by atoms with E-state index in [9.17, 15) is 4.79 Å². The van der Waals surface area contributed by atoms with Crippen LogP contribution >= 0.6 is 0 Å². The minimum atomic E-state index is 0.180. The van der Waals surface area contributed by atoms with Crippen LogP contribution < -0.4 is 0 Å². The van der Waals surface area contributed by atoms with E-state index in [0.29, 0.717) is 12.0 Å². The van der Waals surface area contributed by atoms with Crippen molar-refractivity contribution in [3.05, 3.63) is 35.9 Å². The minimum Gasteiger partial charge on any atom is -0.337 e. The molecule has 3 saturated heterocycles. The van der Waals surface area contributed by atoms with Crippen LogP contribution in [-0.4, -0.2) is 47.9 Å². The van der Waals surface area contributed by atoms with E-state index in [1.165, 1.54) is 12.8 Å². The highest BCUT2D eigenvalue weighted by atomic mass is 16.2. The molecule has 1 amide bonds. The lowest BCUT2D eigenvalue weighted by molar-refractivity contribution is 0.0741. The van der Waals surface area contributed by atoms with Crippen molar-refractivity contribution in [2.24, 2.45) is 5.92 Å². The van der Waals surface area contributed by atoms with Gasteiger partial charge in [0, 0.05) is 37.7 Å². The first-order valence-electron chi connectivity index (χ1n) is 8.32. The summed E-state index contributed by atoms with van der Waals surface area (Å²) in [5, 5.41) is 0. The van der Waals surface area contributed by atoms with Crippen LogP contribution in [0.1, 0.15) is 36.5 Å². The van der Waals surface area contributed by atoms with Gasteiger partial charge in [-0.05, 0) is 30.9 Å². The van der Waals surface area contributed by atoms with Crippen molar-refractivity contribution in [3.8, 4) is 11.8 Å². The van der Waals surface area contributed by atoms with Gasteiger partial charge in [-0.1, -0.05) is 31.0 Å². The van der Waals surface area contributed by atoms with Crippen LogP contribution in [0.3, 0.4) is 0 Å². The molecule has 1 aromatic rings. The third-order valence-electron chi connectivity index (χ3n) is 4.72. The molecule has 4 rings (SSSR count). The number of piperidine rings is 1. The van der Waals surface area contributed by atoms with Crippen LogP contribution in [0.25, 0.3) is 0 Å². The molecular weight excluding hydrogens is 272 g/mol. The van der Waals surface area contributed by atoms with Gasteiger partial charge < -0.3 is 4.90 Å². The first-order chi connectivity index (χ1) is 10.8. The molecule has 0 saturated carbocycles. The van der Waals surface area contributed by atoms with Crippen molar-refractivity contribution in [1.29, 1.82) is 0 Å². The fourth-order valence-corrected chi connectivity index (χ4v) is 3.58. The lowest BCUT2D eigenvalue weighted by atomic mass is 9.95. The van der Waals surface area contributed by atoms with Crippen molar-refractivity contribution in [1.82, 2.24) is 9.80 Å². The molecule has 22 heavy (non-hydrogen) atoms. The summed E-state index contributed by atoms with van der Waals surface area (Å²) in [5.41, 5.74) is 0.807. The van der Waals surface area contributed by atoms with Crippen LogP contribution in [0.15, 0.2) is 30.3 Å². The number of rotatable bonds is 2. The van der Waals surface area contributed by atoms with Crippen molar-refractivity contribution in [3.63, 3.8) is 0 Å². The smallest absolute Gasteiger partial charge is 0.253 e. The van der Waals surface area contributed by atoms with Crippen molar-refractivity contribution in [2.45, 2.75) is 32.2 Å². The number of fused-ring (bicyclic) bond motifs is 4. The topological polar surface area (TPSA) is 23.6 Å². The first-order valence-corrected chi connectivity index (χ1v) is 8.32. The molecule has 0 aliphatic carbocycles. The fourth-order valence-electron chi connectivity index (χ4n) is 3.58. The maximum absolute atomic E-state index is 12.7. The molecule has 3 nitrogen and oxygen atoms in total. The van der Waals surface area contributed by atoms with E-state index < -0.39 is 0 Å². The number of hydrogen-bond donors (Lipinski definition) is 0. The van der Waals surface area contributed by atoms with Crippen LogP contribution in [0.5, 0.6) is 0 Å². The van der Waals surface area contributed by atoms with Crippen molar-refractivity contribution >= 4 is 5.91 Å². The predicted molar refractivity (Wildman–Crippen MR) is 88.5 cm³/mol. The Labute approximate surface area is 133 Å². The summed E-state index contributed by atoms with van der Waals surface area (Å²) in [6, 6.07) is 10.1. The summed E-state index contributed by atoms with van der Waals surface area (Å²) in [4.78, 5) is 17.3. The quantitative estimate of drug-likeness (QED) is 0.783. The molecule has 116 valence electrons. The molecule has 3 fully saturated rings. The molecular formula is C19H24N2O. The SMILES string of the molecule is CCC#CCN1C[C@@H]2CC[C@H]1CN(C(=O)c1ccccc1)C2. The molecule has 0 aromatic heterocycles. The summed E-state index contributed by atoms with van der Waals surface area (Å²) in [7, 11) is 0. The Bertz CT molecular complexity index is 572. The van der Waals surface area contributed by atoms with Gasteiger partial charge in [0.15, 0.2) is 0 Å². The molecule has 3 heteroatoms. The van der Waals surface area contributed by atoms with Gasteiger partial charge >= 0.3 is 0 Å². The Kier molecular flexibility index (Phi) is 4.80. The monoisotopic (exact) mass is 296 g/mol. The number of hydrogen-bond acceptors (Lipinski definition) is 2. The standard InChI is InChI=1S/C19H24N2O/c1-2-3-7-12-20-13-16-10-11-18(20)15-21(14-16)19(22)17-8-5-4-6-9-17/h4-6,8-9,16,18H,2,10-15H2,1H3/t16-,18-/m0/s1. The third-order valence-corrected chi connectivity index (χ3v) is 4.72. The zero-order valence-corrected chi connectivity index (χ0v) is 13.3. The van der Waals surface area contributed by atoms with Crippen LogP contribution in [0.2, 0.25) is 0 Å². The molecule has 2 atom stereocenters. The van der Waals surface area contributed by atoms with Gasteiger partial charge in [-0.3, -0.25) is 9.69 Å². The highest BCUT2D eigenvalue weighted by Gasteiger charge is 2.36. The highest BCUT2D eigenvalue weighted by molar-refractivity contribution is 5.94. The van der Waals surface area contributed by atoms with Crippen LogP contribution in [-0.2, 0) is 0 Å². The van der Waals surface area contributed by atoms with Gasteiger partial charge in [0.2, 0.25) is 0 Å². The van der Waals surface area contributed by atoms with E-state index in [2.05, 4.69) is 28.6 Å². The maximum atomic E-state index is 12.7. The lowest BCUT2D eigenvalue weighted by Crippen LogP contribution is -2.44. The highest BCUT2D eigenvalue weighted by Crippen LogP contribution is 2.28. The van der Waals surface area contributed by atoms with Gasteiger partial charge in [-0.2, -0.15) is 0 Å². The zero-order valence-electron chi connectivity index (χ0n) is 13.3. The van der Waals surface area contributed by atoms with Crippen LogP contribution in [0, 0.1) is 17.8 Å². The minimum absolute atomic E-state index is 0.180. The first kappa shape index (κ1) is 15.1. The van der Waals surface area contributed by atoms with Crippen molar-refractivity contribution in [2.75, 3.05) is 26.2 Å². The zero-order chi connectivity index (χ0) is 15.4. The molecule has 1 aromatic carbocycles. The molecule has 2 bridgehead atoms. The van der Waals surface area contributed by atoms with E-state index >= 15 is 0 Å². The Hall–Kier alpha value is -1.79. The number of amides is 1. The normalized spacial score (nSPS) is 24.5. The Balaban J connectivity index is 1.71. The number of carbonyl (C=O) groups excluding carboxylic acids is 1. The van der Waals surface area contributed by atoms with E-state index in [1.54, 1.807) is 0 Å². The largest absolute Gasteiger partial charge is 0.337 e. The molecule has 0 N–H and O–H groups in total. The van der Waals surface area contributed by atoms with E-state index in [1.807, 2.05) is 30.3 Å². The fraction of sp³-hybridized carbons (Fsp3) is 0.526. The van der Waals surface area contributed by atoms with Gasteiger partial charge in [0.05, 0.1) is 6.54 Å².